The lowest BCUT2D eigenvalue weighted by Crippen LogP contribution is -2.12. The Bertz CT molecular complexity index is 553. The van der Waals surface area contributed by atoms with Crippen LogP contribution in [0.15, 0.2) is 48.5 Å². The van der Waals surface area contributed by atoms with E-state index in [-0.39, 0.29) is 5.91 Å². The molecule has 0 fully saturated rings. The van der Waals surface area contributed by atoms with E-state index in [4.69, 9.17) is 10.5 Å². The Morgan fingerprint density at radius 3 is 2.56 bits per heavy atom. The second-order valence-corrected chi connectivity index (χ2v) is 3.78. The molecule has 2 aromatic rings. The van der Waals surface area contributed by atoms with Crippen LogP contribution in [0.5, 0.6) is 5.75 Å². The largest absolute Gasteiger partial charge is 0.495 e. The summed E-state index contributed by atoms with van der Waals surface area (Å²) in [4.78, 5) is 12.0. The first-order valence-corrected chi connectivity index (χ1v) is 5.50. The predicted octanol–water partition coefficient (Wildman–Crippen LogP) is 2.53. The van der Waals surface area contributed by atoms with Crippen LogP contribution in [-0.2, 0) is 0 Å². The molecule has 0 saturated heterocycles. The van der Waals surface area contributed by atoms with Gasteiger partial charge in [0.2, 0.25) is 0 Å². The Balaban J connectivity index is 2.19. The Morgan fingerprint density at radius 2 is 1.89 bits per heavy atom. The molecular weight excluding hydrogens is 228 g/mol. The maximum absolute atomic E-state index is 12.0. The first-order chi connectivity index (χ1) is 8.70. The second-order valence-electron chi connectivity index (χ2n) is 3.78. The summed E-state index contributed by atoms with van der Waals surface area (Å²) in [6, 6.07) is 14.2. The maximum Gasteiger partial charge on any atom is 0.255 e. The van der Waals surface area contributed by atoms with Crippen molar-refractivity contribution in [3.63, 3.8) is 0 Å². The van der Waals surface area contributed by atoms with Gasteiger partial charge in [0.1, 0.15) is 5.75 Å². The molecule has 0 unspecified atom stereocenters. The molecule has 18 heavy (non-hydrogen) atoms. The van der Waals surface area contributed by atoms with Gasteiger partial charge in [-0.05, 0) is 30.3 Å². The maximum atomic E-state index is 12.0. The minimum Gasteiger partial charge on any atom is -0.495 e. The van der Waals surface area contributed by atoms with Crippen LogP contribution in [0.2, 0.25) is 0 Å². The fraction of sp³-hybridized carbons (Fsp3) is 0.0714. The number of carbonyl (C=O) groups excluding carboxylic acids is 1. The van der Waals surface area contributed by atoms with Crippen LogP contribution in [0.3, 0.4) is 0 Å². The first-order valence-electron chi connectivity index (χ1n) is 5.50. The molecule has 2 aromatic carbocycles. The summed E-state index contributed by atoms with van der Waals surface area (Å²) in [6.07, 6.45) is 0. The number of carbonyl (C=O) groups is 1. The van der Waals surface area contributed by atoms with E-state index < -0.39 is 0 Å². The number of benzene rings is 2. The molecule has 0 radical (unpaired) electrons. The zero-order valence-corrected chi connectivity index (χ0v) is 10.0. The van der Waals surface area contributed by atoms with E-state index in [2.05, 4.69) is 5.32 Å². The van der Waals surface area contributed by atoms with Gasteiger partial charge in [-0.2, -0.15) is 0 Å². The normalized spacial score (nSPS) is 9.83. The number of hydrogen-bond acceptors (Lipinski definition) is 3. The second kappa shape index (κ2) is 5.23. The fourth-order valence-electron chi connectivity index (χ4n) is 1.58. The molecule has 0 saturated carbocycles. The monoisotopic (exact) mass is 242 g/mol. The molecule has 0 aromatic heterocycles. The zero-order chi connectivity index (χ0) is 13.0. The molecule has 0 spiro atoms. The molecule has 1 amide bonds. The molecule has 0 aliphatic rings. The van der Waals surface area contributed by atoms with Gasteiger partial charge in [0.05, 0.1) is 12.8 Å². The van der Waals surface area contributed by atoms with Gasteiger partial charge in [0, 0.05) is 11.3 Å². The van der Waals surface area contributed by atoms with Crippen molar-refractivity contribution in [3.8, 4) is 5.75 Å². The van der Waals surface area contributed by atoms with Gasteiger partial charge in [-0.15, -0.1) is 0 Å². The third-order valence-electron chi connectivity index (χ3n) is 2.53. The number of nitrogens with one attached hydrogen (secondary N) is 1. The highest BCUT2D eigenvalue weighted by Crippen LogP contribution is 2.22. The van der Waals surface area contributed by atoms with E-state index in [1.165, 1.54) is 7.11 Å². The molecule has 0 atom stereocenters. The summed E-state index contributed by atoms with van der Waals surface area (Å²) < 4.78 is 5.08. The van der Waals surface area contributed by atoms with Gasteiger partial charge in [0.15, 0.2) is 0 Å². The lowest BCUT2D eigenvalue weighted by Gasteiger charge is -2.08. The van der Waals surface area contributed by atoms with Crippen LogP contribution in [0.4, 0.5) is 11.4 Å². The van der Waals surface area contributed by atoms with Crippen LogP contribution < -0.4 is 15.8 Å². The molecule has 92 valence electrons. The number of ether oxygens (including phenoxy) is 1. The Hall–Kier alpha value is -2.49. The molecule has 4 heteroatoms. The summed E-state index contributed by atoms with van der Waals surface area (Å²) in [6.45, 7) is 0. The quantitative estimate of drug-likeness (QED) is 0.813. The number of anilines is 2. The molecular formula is C14H14N2O2. The van der Waals surface area contributed by atoms with Gasteiger partial charge < -0.3 is 15.8 Å². The zero-order valence-electron chi connectivity index (χ0n) is 10.0. The number of rotatable bonds is 3. The summed E-state index contributed by atoms with van der Waals surface area (Å²) in [7, 11) is 1.52. The molecule has 0 bridgehead atoms. The molecule has 2 rings (SSSR count). The highest BCUT2D eigenvalue weighted by molar-refractivity contribution is 6.04. The highest BCUT2D eigenvalue weighted by Gasteiger charge is 2.08. The van der Waals surface area contributed by atoms with Crippen LogP contribution in [0, 0.1) is 0 Å². The number of nitrogens with two attached hydrogens (primary N) is 1. The number of methoxy groups -OCH3 is 1. The van der Waals surface area contributed by atoms with E-state index in [1.807, 2.05) is 30.3 Å². The molecule has 4 nitrogen and oxygen atoms in total. The minimum atomic E-state index is -0.195. The Kier molecular flexibility index (Phi) is 3.48. The molecule has 0 aliphatic carbocycles. The average Bonchev–Trinajstić information content (AvgIpc) is 2.40. The highest BCUT2D eigenvalue weighted by atomic mass is 16.5. The number of hydrogen-bond donors (Lipinski definition) is 2. The van der Waals surface area contributed by atoms with Crippen LogP contribution in [0.1, 0.15) is 10.4 Å². The molecule has 0 heterocycles. The van der Waals surface area contributed by atoms with Crippen molar-refractivity contribution < 1.29 is 9.53 Å². The Labute approximate surface area is 105 Å². The topological polar surface area (TPSA) is 64.3 Å². The van der Waals surface area contributed by atoms with Gasteiger partial charge >= 0.3 is 0 Å². The molecule has 3 N–H and O–H groups in total. The molecule has 0 aliphatic heterocycles. The van der Waals surface area contributed by atoms with Gasteiger partial charge in [-0.3, -0.25) is 4.79 Å². The van der Waals surface area contributed by atoms with Crippen molar-refractivity contribution in [1.29, 1.82) is 0 Å². The first kappa shape index (κ1) is 12.0. The standard InChI is InChI=1S/C14H14N2O2/c1-18-13-9-10(7-8-12(13)15)14(17)16-11-5-3-2-4-6-11/h2-9H,15H2,1H3,(H,16,17). The summed E-state index contributed by atoms with van der Waals surface area (Å²) >= 11 is 0. The van der Waals surface area contributed by atoms with Crippen LogP contribution >= 0.6 is 0 Å². The summed E-state index contributed by atoms with van der Waals surface area (Å²) in [5.74, 6) is 0.301. The lowest BCUT2D eigenvalue weighted by molar-refractivity contribution is 0.102. The average molecular weight is 242 g/mol. The van der Waals surface area contributed by atoms with Crippen LogP contribution in [-0.4, -0.2) is 13.0 Å². The van der Waals surface area contributed by atoms with E-state index in [0.29, 0.717) is 17.0 Å². The van der Waals surface area contributed by atoms with Crippen LogP contribution in [0.25, 0.3) is 0 Å². The number of nitrogen functional groups attached to an aromatic ring is 1. The van der Waals surface area contributed by atoms with E-state index in [1.54, 1.807) is 18.2 Å². The summed E-state index contributed by atoms with van der Waals surface area (Å²) in [5.41, 5.74) is 7.46. The predicted molar refractivity (Wildman–Crippen MR) is 71.8 cm³/mol. The van der Waals surface area contributed by atoms with E-state index in [0.717, 1.165) is 5.69 Å². The van der Waals surface area contributed by atoms with Crippen molar-refractivity contribution in [2.75, 3.05) is 18.2 Å². The summed E-state index contributed by atoms with van der Waals surface area (Å²) in [5, 5.41) is 2.79. The minimum absolute atomic E-state index is 0.195. The SMILES string of the molecule is COc1cc(C(=O)Nc2ccccc2)ccc1N. The van der Waals surface area contributed by atoms with Gasteiger partial charge in [0.25, 0.3) is 5.91 Å². The Morgan fingerprint density at radius 1 is 1.17 bits per heavy atom. The fourth-order valence-corrected chi connectivity index (χ4v) is 1.58. The van der Waals surface area contributed by atoms with Crippen molar-refractivity contribution in [3.05, 3.63) is 54.1 Å². The van der Waals surface area contributed by atoms with Crippen molar-refractivity contribution in [2.24, 2.45) is 0 Å². The number of amides is 1. The lowest BCUT2D eigenvalue weighted by atomic mass is 10.1. The number of para-hydroxylation sites is 1. The van der Waals surface area contributed by atoms with Crippen molar-refractivity contribution >= 4 is 17.3 Å². The van der Waals surface area contributed by atoms with Crippen molar-refractivity contribution in [2.45, 2.75) is 0 Å². The van der Waals surface area contributed by atoms with Gasteiger partial charge in [-0.1, -0.05) is 18.2 Å². The van der Waals surface area contributed by atoms with Gasteiger partial charge in [-0.25, -0.2) is 0 Å². The smallest absolute Gasteiger partial charge is 0.255 e. The third-order valence-corrected chi connectivity index (χ3v) is 2.53. The third kappa shape index (κ3) is 2.60. The van der Waals surface area contributed by atoms with E-state index >= 15 is 0 Å². The van der Waals surface area contributed by atoms with E-state index in [9.17, 15) is 4.79 Å². The van der Waals surface area contributed by atoms with Crippen molar-refractivity contribution in [1.82, 2.24) is 0 Å².